The number of anilines is 2. The second kappa shape index (κ2) is 7.14. The Morgan fingerprint density at radius 1 is 0.962 bits per heavy atom. The molecule has 0 fully saturated rings. The number of halogens is 1. The van der Waals surface area contributed by atoms with Gasteiger partial charge in [0.25, 0.3) is 0 Å². The van der Waals surface area contributed by atoms with Gasteiger partial charge < -0.3 is 25.1 Å². The third-order valence-corrected chi connectivity index (χ3v) is 3.65. The summed E-state index contributed by atoms with van der Waals surface area (Å²) in [7, 11) is 3.00. The molecule has 134 valence electrons. The number of aromatic nitrogens is 1. The molecule has 0 unspecified atom stereocenters. The number of ether oxygens (including phenoxy) is 2. The number of H-pyrrole nitrogens is 1. The van der Waals surface area contributed by atoms with Crippen LogP contribution in [0.1, 0.15) is 0 Å². The van der Waals surface area contributed by atoms with E-state index in [2.05, 4.69) is 15.6 Å². The lowest BCUT2D eigenvalue weighted by molar-refractivity contribution is 0.262. The molecule has 0 aliphatic heterocycles. The van der Waals surface area contributed by atoms with E-state index in [0.717, 1.165) is 6.07 Å². The number of carbonyl (C=O) groups excluding carboxylic acids is 1. The summed E-state index contributed by atoms with van der Waals surface area (Å²) < 4.78 is 24.4. The Balaban J connectivity index is 1.81. The van der Waals surface area contributed by atoms with Crippen molar-refractivity contribution in [1.29, 1.82) is 0 Å². The SMILES string of the molecule is COc1cc(NC(=O)Nc2cc(F)c3[nH]c(=O)ccc3c2)cc(OC)c1. The van der Waals surface area contributed by atoms with E-state index in [1.165, 1.54) is 26.4 Å². The summed E-state index contributed by atoms with van der Waals surface area (Å²) >= 11 is 0. The molecule has 3 aromatic rings. The third kappa shape index (κ3) is 3.75. The maximum Gasteiger partial charge on any atom is 0.323 e. The van der Waals surface area contributed by atoms with Crippen LogP contribution in [0.15, 0.2) is 47.3 Å². The molecule has 2 aromatic carbocycles. The topological polar surface area (TPSA) is 92.5 Å². The normalized spacial score (nSPS) is 10.4. The average Bonchev–Trinajstić information content (AvgIpc) is 2.61. The molecule has 0 radical (unpaired) electrons. The molecule has 1 aromatic heterocycles. The van der Waals surface area contributed by atoms with E-state index >= 15 is 0 Å². The summed E-state index contributed by atoms with van der Waals surface area (Å²) in [4.78, 5) is 25.9. The standard InChI is InChI=1S/C18H16FN3O4/c1-25-13-6-12(7-14(9-13)26-2)21-18(24)20-11-5-10-3-4-16(23)22-17(10)15(19)8-11/h3-9H,1-2H3,(H,22,23)(H2,20,21,24). The van der Waals surface area contributed by atoms with E-state index < -0.39 is 17.4 Å². The van der Waals surface area contributed by atoms with E-state index in [0.29, 0.717) is 22.6 Å². The van der Waals surface area contributed by atoms with E-state index in [1.54, 1.807) is 24.3 Å². The molecule has 0 atom stereocenters. The number of pyridine rings is 1. The Hall–Kier alpha value is -3.55. The van der Waals surface area contributed by atoms with Crippen LogP contribution in [0.5, 0.6) is 11.5 Å². The fourth-order valence-electron chi connectivity index (χ4n) is 2.47. The van der Waals surface area contributed by atoms with E-state index in [9.17, 15) is 14.0 Å². The number of urea groups is 1. The highest BCUT2D eigenvalue weighted by atomic mass is 19.1. The molecular weight excluding hydrogens is 341 g/mol. The van der Waals surface area contributed by atoms with E-state index in [1.807, 2.05) is 0 Å². The van der Waals surface area contributed by atoms with Gasteiger partial charge in [0.05, 0.1) is 19.7 Å². The minimum absolute atomic E-state index is 0.0843. The summed E-state index contributed by atoms with van der Waals surface area (Å²) in [6, 6.07) is 9.79. The van der Waals surface area contributed by atoms with Crippen molar-refractivity contribution in [3.8, 4) is 11.5 Å². The fourth-order valence-corrected chi connectivity index (χ4v) is 2.47. The van der Waals surface area contributed by atoms with E-state index in [-0.39, 0.29) is 11.2 Å². The molecule has 0 saturated carbocycles. The van der Waals surface area contributed by atoms with Crippen molar-refractivity contribution < 1.29 is 18.7 Å². The zero-order valence-corrected chi connectivity index (χ0v) is 14.1. The van der Waals surface area contributed by atoms with Crippen LogP contribution >= 0.6 is 0 Å². The minimum Gasteiger partial charge on any atom is -0.497 e. The van der Waals surface area contributed by atoms with Gasteiger partial charge in [-0.1, -0.05) is 0 Å². The number of methoxy groups -OCH3 is 2. The van der Waals surface area contributed by atoms with Gasteiger partial charge in [-0.2, -0.15) is 0 Å². The molecule has 3 rings (SSSR count). The fraction of sp³-hybridized carbons (Fsp3) is 0.111. The van der Waals surface area contributed by atoms with Crippen LogP contribution in [-0.2, 0) is 0 Å². The smallest absolute Gasteiger partial charge is 0.323 e. The number of benzene rings is 2. The summed E-state index contributed by atoms with van der Waals surface area (Å²) in [5.74, 6) is 0.388. The van der Waals surface area contributed by atoms with Crippen LogP contribution in [-0.4, -0.2) is 25.2 Å². The predicted octanol–water partition coefficient (Wildman–Crippen LogP) is 3.33. The van der Waals surface area contributed by atoms with Gasteiger partial charge in [0.1, 0.15) is 17.3 Å². The molecule has 3 N–H and O–H groups in total. The van der Waals surface area contributed by atoms with Gasteiger partial charge in [0.2, 0.25) is 5.56 Å². The Kier molecular flexibility index (Phi) is 4.74. The van der Waals surface area contributed by atoms with Gasteiger partial charge in [-0.25, -0.2) is 9.18 Å². The Morgan fingerprint density at radius 3 is 2.19 bits per heavy atom. The first-order chi connectivity index (χ1) is 12.5. The lowest BCUT2D eigenvalue weighted by Gasteiger charge is -2.11. The molecule has 0 saturated heterocycles. The van der Waals surface area contributed by atoms with Crippen LogP contribution in [0.25, 0.3) is 10.9 Å². The molecule has 0 aliphatic rings. The number of hydrogen-bond acceptors (Lipinski definition) is 4. The van der Waals surface area contributed by atoms with Crippen molar-refractivity contribution in [3.63, 3.8) is 0 Å². The minimum atomic E-state index is -0.640. The molecular formula is C18H16FN3O4. The number of rotatable bonds is 4. The lowest BCUT2D eigenvalue weighted by Crippen LogP contribution is -2.19. The van der Waals surface area contributed by atoms with Crippen LogP contribution in [0, 0.1) is 5.82 Å². The molecule has 26 heavy (non-hydrogen) atoms. The van der Waals surface area contributed by atoms with Gasteiger partial charge in [0, 0.05) is 41.0 Å². The lowest BCUT2D eigenvalue weighted by atomic mass is 10.2. The van der Waals surface area contributed by atoms with E-state index in [4.69, 9.17) is 9.47 Å². The number of aromatic amines is 1. The first-order valence-corrected chi connectivity index (χ1v) is 7.62. The first kappa shape index (κ1) is 17.3. The molecule has 2 amide bonds. The Labute approximate surface area is 147 Å². The van der Waals surface area contributed by atoms with Crippen molar-refractivity contribution in [2.24, 2.45) is 0 Å². The largest absolute Gasteiger partial charge is 0.497 e. The molecule has 1 heterocycles. The number of carbonyl (C=O) groups is 1. The maximum atomic E-state index is 14.1. The van der Waals surface area contributed by atoms with Crippen molar-refractivity contribution in [2.75, 3.05) is 24.9 Å². The highest BCUT2D eigenvalue weighted by Crippen LogP contribution is 2.26. The first-order valence-electron chi connectivity index (χ1n) is 7.62. The van der Waals surface area contributed by atoms with Gasteiger partial charge in [-0.15, -0.1) is 0 Å². The number of amides is 2. The van der Waals surface area contributed by atoms with Crippen molar-refractivity contribution in [3.05, 3.63) is 58.6 Å². The summed E-state index contributed by atoms with van der Waals surface area (Å²) in [5.41, 5.74) is 0.376. The zero-order valence-electron chi connectivity index (χ0n) is 14.1. The summed E-state index contributed by atoms with van der Waals surface area (Å²) in [6.45, 7) is 0. The molecule has 0 spiro atoms. The number of nitrogens with one attached hydrogen (secondary N) is 3. The van der Waals surface area contributed by atoms with Crippen LogP contribution in [0.4, 0.5) is 20.6 Å². The van der Waals surface area contributed by atoms with Gasteiger partial charge in [0.15, 0.2) is 0 Å². The number of fused-ring (bicyclic) bond motifs is 1. The highest BCUT2D eigenvalue weighted by Gasteiger charge is 2.09. The third-order valence-electron chi connectivity index (χ3n) is 3.65. The van der Waals surface area contributed by atoms with Crippen LogP contribution < -0.4 is 25.7 Å². The summed E-state index contributed by atoms with van der Waals surface area (Å²) in [6.07, 6.45) is 0. The Bertz CT molecular complexity index is 1010. The molecule has 0 aliphatic carbocycles. The quantitative estimate of drug-likeness (QED) is 0.668. The van der Waals surface area contributed by atoms with Crippen molar-refractivity contribution in [2.45, 2.75) is 0 Å². The predicted molar refractivity (Wildman–Crippen MR) is 96.7 cm³/mol. The van der Waals surface area contributed by atoms with Crippen molar-refractivity contribution >= 4 is 28.3 Å². The highest BCUT2D eigenvalue weighted by molar-refractivity contribution is 6.01. The second-order valence-electron chi connectivity index (χ2n) is 5.43. The monoisotopic (exact) mass is 357 g/mol. The molecule has 0 bridgehead atoms. The van der Waals surface area contributed by atoms with Crippen LogP contribution in [0.3, 0.4) is 0 Å². The van der Waals surface area contributed by atoms with Gasteiger partial charge >= 0.3 is 6.03 Å². The summed E-state index contributed by atoms with van der Waals surface area (Å²) in [5, 5.41) is 5.64. The molecule has 8 heteroatoms. The van der Waals surface area contributed by atoms with Gasteiger partial charge in [-0.3, -0.25) is 4.79 Å². The average molecular weight is 357 g/mol. The second-order valence-corrected chi connectivity index (χ2v) is 5.43. The van der Waals surface area contributed by atoms with Crippen molar-refractivity contribution in [1.82, 2.24) is 4.98 Å². The zero-order chi connectivity index (χ0) is 18.7. The number of hydrogen-bond donors (Lipinski definition) is 3. The Morgan fingerprint density at radius 2 is 1.58 bits per heavy atom. The van der Waals surface area contributed by atoms with Gasteiger partial charge in [-0.05, 0) is 18.2 Å². The maximum absolute atomic E-state index is 14.1. The van der Waals surface area contributed by atoms with Crippen LogP contribution in [0.2, 0.25) is 0 Å². The molecule has 7 nitrogen and oxygen atoms in total.